The van der Waals surface area contributed by atoms with Crippen LogP contribution < -0.4 is 10.2 Å². The monoisotopic (exact) mass is 398 g/mol. The molecule has 144 valence electrons. The van der Waals surface area contributed by atoms with Crippen LogP contribution in [0, 0.1) is 5.92 Å². The second-order valence-corrected chi connectivity index (χ2v) is 6.73. The zero-order valence-electron chi connectivity index (χ0n) is 14.3. The van der Waals surface area contributed by atoms with Crippen molar-refractivity contribution in [3.05, 3.63) is 52.9 Å². The number of amides is 1. The molecule has 9 heteroatoms. The lowest BCUT2D eigenvalue weighted by atomic mass is 9.96. The summed E-state index contributed by atoms with van der Waals surface area (Å²) in [5.41, 5.74) is -0.0935. The third kappa shape index (κ3) is 4.88. The molecule has 0 spiro atoms. The van der Waals surface area contributed by atoms with Gasteiger partial charge < -0.3 is 10.2 Å². The number of nitrogens with zero attached hydrogens (tertiary/aromatic N) is 3. The zero-order valence-corrected chi connectivity index (χ0v) is 15.1. The Morgan fingerprint density at radius 1 is 1.26 bits per heavy atom. The smallest absolute Gasteiger partial charge is 0.355 e. The molecule has 0 unspecified atom stereocenters. The summed E-state index contributed by atoms with van der Waals surface area (Å²) in [6.07, 6.45) is -0.873. The number of pyridine rings is 2. The van der Waals surface area contributed by atoms with Crippen LogP contribution in [0.25, 0.3) is 0 Å². The molecule has 1 fully saturated rings. The van der Waals surface area contributed by atoms with E-state index in [0.29, 0.717) is 38.3 Å². The molecule has 0 radical (unpaired) electrons. The Morgan fingerprint density at radius 2 is 2.00 bits per heavy atom. The fourth-order valence-corrected chi connectivity index (χ4v) is 3.28. The third-order valence-electron chi connectivity index (χ3n) is 4.48. The SMILES string of the molecule is O=C(NCc1ccccn1)C1CCN(c2ncc(C(F)(F)F)cc2Cl)CC1. The molecule has 2 aromatic rings. The second-order valence-electron chi connectivity index (χ2n) is 6.33. The van der Waals surface area contributed by atoms with Crippen LogP contribution in [0.3, 0.4) is 0 Å². The predicted molar refractivity (Wildman–Crippen MR) is 95.3 cm³/mol. The summed E-state index contributed by atoms with van der Waals surface area (Å²) >= 11 is 5.99. The molecule has 1 saturated heterocycles. The molecule has 1 N–H and O–H groups in total. The van der Waals surface area contributed by atoms with Gasteiger partial charge in [-0.05, 0) is 31.0 Å². The van der Waals surface area contributed by atoms with E-state index in [1.807, 2.05) is 17.0 Å². The Hall–Kier alpha value is -2.35. The van der Waals surface area contributed by atoms with Gasteiger partial charge in [-0.2, -0.15) is 13.2 Å². The highest BCUT2D eigenvalue weighted by atomic mass is 35.5. The molecule has 0 saturated carbocycles. The van der Waals surface area contributed by atoms with E-state index in [4.69, 9.17) is 11.6 Å². The molecule has 0 aromatic carbocycles. The van der Waals surface area contributed by atoms with Crippen LogP contribution in [0.1, 0.15) is 24.1 Å². The predicted octanol–water partition coefficient (Wildman–Crippen LogP) is 3.68. The maximum atomic E-state index is 12.7. The number of alkyl halides is 3. The highest BCUT2D eigenvalue weighted by molar-refractivity contribution is 6.33. The minimum absolute atomic E-state index is 0.0390. The van der Waals surface area contributed by atoms with Crippen molar-refractivity contribution >= 4 is 23.3 Å². The summed E-state index contributed by atoms with van der Waals surface area (Å²) in [4.78, 5) is 22.2. The number of halogens is 4. The van der Waals surface area contributed by atoms with E-state index in [1.54, 1.807) is 12.3 Å². The Labute approximate surface area is 159 Å². The number of piperidine rings is 1. The van der Waals surface area contributed by atoms with Crippen molar-refractivity contribution in [1.29, 1.82) is 0 Å². The summed E-state index contributed by atoms with van der Waals surface area (Å²) in [5.74, 6) is 0.113. The number of rotatable bonds is 4. The van der Waals surface area contributed by atoms with Crippen molar-refractivity contribution in [2.45, 2.75) is 25.6 Å². The maximum absolute atomic E-state index is 12.7. The number of nitrogens with one attached hydrogen (secondary N) is 1. The molecule has 2 aromatic heterocycles. The van der Waals surface area contributed by atoms with Gasteiger partial charge in [-0.25, -0.2) is 4.98 Å². The third-order valence-corrected chi connectivity index (χ3v) is 4.76. The normalized spacial score (nSPS) is 15.6. The fraction of sp³-hybridized carbons (Fsp3) is 0.389. The molecule has 0 bridgehead atoms. The molecule has 1 amide bonds. The Morgan fingerprint density at radius 3 is 2.59 bits per heavy atom. The quantitative estimate of drug-likeness (QED) is 0.853. The van der Waals surface area contributed by atoms with E-state index in [9.17, 15) is 18.0 Å². The van der Waals surface area contributed by atoms with Crippen LogP contribution in [0.5, 0.6) is 0 Å². The Balaban J connectivity index is 1.55. The Kier molecular flexibility index (Phi) is 5.84. The number of anilines is 1. The van der Waals surface area contributed by atoms with Crippen molar-refractivity contribution in [2.75, 3.05) is 18.0 Å². The van der Waals surface area contributed by atoms with Crippen molar-refractivity contribution in [3.63, 3.8) is 0 Å². The number of carbonyl (C=O) groups is 1. The van der Waals surface area contributed by atoms with Crippen LogP contribution in [0.4, 0.5) is 19.0 Å². The maximum Gasteiger partial charge on any atom is 0.417 e. The van der Waals surface area contributed by atoms with Crippen molar-refractivity contribution in [3.8, 4) is 0 Å². The summed E-state index contributed by atoms with van der Waals surface area (Å²) < 4.78 is 38.1. The van der Waals surface area contributed by atoms with E-state index >= 15 is 0 Å². The van der Waals surface area contributed by atoms with Crippen LogP contribution in [0.15, 0.2) is 36.7 Å². The molecule has 0 atom stereocenters. The van der Waals surface area contributed by atoms with Gasteiger partial charge in [0.1, 0.15) is 5.82 Å². The van der Waals surface area contributed by atoms with Crippen LogP contribution in [-0.2, 0) is 17.5 Å². The second kappa shape index (κ2) is 8.12. The summed E-state index contributed by atoms with van der Waals surface area (Å²) in [5, 5.41) is 2.83. The van der Waals surface area contributed by atoms with Gasteiger partial charge in [-0.15, -0.1) is 0 Å². The van der Waals surface area contributed by atoms with Gasteiger partial charge in [0, 0.05) is 31.4 Å². The lowest BCUT2D eigenvalue weighted by Crippen LogP contribution is -2.40. The molecule has 3 heterocycles. The van der Waals surface area contributed by atoms with Crippen molar-refractivity contribution < 1.29 is 18.0 Å². The van der Waals surface area contributed by atoms with E-state index in [0.717, 1.165) is 18.0 Å². The first-order chi connectivity index (χ1) is 12.8. The van der Waals surface area contributed by atoms with Crippen LogP contribution >= 0.6 is 11.6 Å². The molecule has 3 rings (SSSR count). The average Bonchev–Trinajstić information content (AvgIpc) is 2.66. The summed E-state index contributed by atoms with van der Waals surface area (Å²) in [6, 6.07) is 6.38. The van der Waals surface area contributed by atoms with Gasteiger partial charge in [0.25, 0.3) is 0 Å². The minimum Gasteiger partial charge on any atom is -0.355 e. The van der Waals surface area contributed by atoms with Gasteiger partial charge in [-0.3, -0.25) is 9.78 Å². The van der Waals surface area contributed by atoms with E-state index in [1.165, 1.54) is 0 Å². The molecule has 1 aliphatic heterocycles. The molecule has 1 aliphatic rings. The van der Waals surface area contributed by atoms with Crippen LogP contribution in [-0.4, -0.2) is 29.0 Å². The van der Waals surface area contributed by atoms with Gasteiger partial charge in [-0.1, -0.05) is 17.7 Å². The molecule has 0 aliphatic carbocycles. The number of hydrogen-bond acceptors (Lipinski definition) is 4. The lowest BCUT2D eigenvalue weighted by Gasteiger charge is -2.32. The zero-order chi connectivity index (χ0) is 19.4. The van der Waals surface area contributed by atoms with Gasteiger partial charge >= 0.3 is 6.18 Å². The lowest BCUT2D eigenvalue weighted by molar-refractivity contribution is -0.137. The van der Waals surface area contributed by atoms with Gasteiger partial charge in [0.2, 0.25) is 5.91 Å². The topological polar surface area (TPSA) is 58.1 Å². The molecular weight excluding hydrogens is 381 g/mol. The van der Waals surface area contributed by atoms with Crippen molar-refractivity contribution in [1.82, 2.24) is 15.3 Å². The minimum atomic E-state index is -4.48. The average molecular weight is 399 g/mol. The first-order valence-corrected chi connectivity index (χ1v) is 8.87. The van der Waals surface area contributed by atoms with E-state index in [-0.39, 0.29) is 16.8 Å². The largest absolute Gasteiger partial charge is 0.417 e. The Bertz CT molecular complexity index is 793. The highest BCUT2D eigenvalue weighted by Gasteiger charge is 2.33. The number of hydrogen-bond donors (Lipinski definition) is 1. The van der Waals surface area contributed by atoms with E-state index in [2.05, 4.69) is 15.3 Å². The van der Waals surface area contributed by atoms with E-state index < -0.39 is 11.7 Å². The van der Waals surface area contributed by atoms with Gasteiger partial charge in [0.05, 0.1) is 22.8 Å². The number of carbonyl (C=O) groups excluding carboxylic acids is 1. The summed E-state index contributed by atoms with van der Waals surface area (Å²) in [7, 11) is 0. The first-order valence-electron chi connectivity index (χ1n) is 8.50. The molecule has 5 nitrogen and oxygen atoms in total. The molecule has 27 heavy (non-hydrogen) atoms. The van der Waals surface area contributed by atoms with Crippen LogP contribution in [0.2, 0.25) is 5.02 Å². The fourth-order valence-electron chi connectivity index (χ4n) is 3.00. The van der Waals surface area contributed by atoms with Crippen molar-refractivity contribution in [2.24, 2.45) is 5.92 Å². The summed E-state index contributed by atoms with van der Waals surface area (Å²) in [6.45, 7) is 1.37. The first kappa shape index (κ1) is 19.4. The standard InChI is InChI=1S/C18H18ClF3N4O/c19-15-9-13(18(20,21)22)10-24-16(15)26-7-4-12(5-8-26)17(27)25-11-14-3-1-2-6-23-14/h1-3,6,9-10,12H,4-5,7-8,11H2,(H,25,27). The highest BCUT2D eigenvalue weighted by Crippen LogP contribution is 2.34. The van der Waals surface area contributed by atoms with Gasteiger partial charge in [0.15, 0.2) is 0 Å². The molecular formula is C18H18ClF3N4O. The number of aromatic nitrogens is 2.